The zero-order chi connectivity index (χ0) is 20.8. The largest absolute Gasteiger partial charge is 0.755 e. The van der Waals surface area contributed by atoms with E-state index in [4.69, 9.17) is 11.6 Å². The minimum Gasteiger partial charge on any atom is -0.755 e. The summed E-state index contributed by atoms with van der Waals surface area (Å²) in [6, 6.07) is 1.70. The summed E-state index contributed by atoms with van der Waals surface area (Å²) in [5.74, 6) is -2.95. The summed E-state index contributed by atoms with van der Waals surface area (Å²) in [6.07, 6.45) is -1.16. The number of hydrogen-bond acceptors (Lipinski definition) is 6. The number of carbonyl (C=O) groups excluding carboxylic acids is 1. The smallest absolute Gasteiger partial charge is 0.342 e. The molecule has 0 N–H and O–H groups in total. The van der Waals surface area contributed by atoms with Crippen LogP contribution in [0.15, 0.2) is 12.1 Å². The molecule has 2 unspecified atom stereocenters. The Labute approximate surface area is 161 Å². The SMILES string of the molecule is COC(=O)c1c(F)ccc(N(CCC(F)S(=O)(=O)CCCF)S(=O)[O-])c1Cl. The van der Waals surface area contributed by atoms with Gasteiger partial charge in [0, 0.05) is 24.2 Å². The number of benzene rings is 1. The van der Waals surface area contributed by atoms with Crippen molar-refractivity contribution in [1.82, 2.24) is 0 Å². The number of halogens is 4. The first-order chi connectivity index (χ1) is 12.6. The minimum atomic E-state index is -4.27. The fraction of sp³-hybridized carbons (Fsp3) is 0.500. The van der Waals surface area contributed by atoms with Crippen LogP contribution in [0.4, 0.5) is 18.9 Å². The van der Waals surface area contributed by atoms with Crippen molar-refractivity contribution in [3.8, 4) is 0 Å². The first kappa shape index (κ1) is 23.7. The van der Waals surface area contributed by atoms with E-state index >= 15 is 0 Å². The summed E-state index contributed by atoms with van der Waals surface area (Å²) in [7, 11) is -3.31. The average molecular weight is 451 g/mol. The molecule has 2 atom stereocenters. The summed E-state index contributed by atoms with van der Waals surface area (Å²) < 4.78 is 90.9. The van der Waals surface area contributed by atoms with Crippen LogP contribution in [-0.2, 0) is 25.8 Å². The van der Waals surface area contributed by atoms with Gasteiger partial charge in [-0.3, -0.25) is 8.60 Å². The van der Waals surface area contributed by atoms with Crippen LogP contribution in [0.3, 0.4) is 0 Å². The van der Waals surface area contributed by atoms with Crippen LogP contribution in [-0.4, -0.2) is 54.7 Å². The standard InChI is InChI=1S/C14H17ClF3NO6S2/c1-25-14(20)12-9(17)3-4-10(13(12)15)19(26(21)22)7-5-11(18)27(23,24)8-2-6-16/h3-4,11H,2,5-8H2,1H3,(H,21,22)/p-1. The number of anilines is 1. The predicted octanol–water partition coefficient (Wildman–Crippen LogP) is 2.33. The Morgan fingerprint density at radius 2 is 2.07 bits per heavy atom. The first-order valence-electron chi connectivity index (χ1n) is 7.41. The van der Waals surface area contributed by atoms with E-state index in [1.807, 2.05) is 0 Å². The summed E-state index contributed by atoms with van der Waals surface area (Å²) in [4.78, 5) is 11.6. The number of carbonyl (C=O) groups is 1. The van der Waals surface area contributed by atoms with Gasteiger partial charge in [0.1, 0.15) is 11.4 Å². The number of rotatable bonds is 10. The fourth-order valence-corrected chi connectivity index (χ4v) is 4.26. The number of nitrogens with zero attached hydrogens (tertiary/aromatic N) is 1. The molecule has 1 aromatic carbocycles. The molecule has 0 aliphatic heterocycles. The minimum absolute atomic E-state index is 0.361. The van der Waals surface area contributed by atoms with E-state index in [2.05, 4.69) is 4.74 Å². The highest BCUT2D eigenvalue weighted by molar-refractivity contribution is 7.91. The van der Waals surface area contributed by atoms with Crippen LogP contribution in [0.1, 0.15) is 23.2 Å². The lowest BCUT2D eigenvalue weighted by Crippen LogP contribution is -2.31. The molecule has 154 valence electrons. The first-order valence-corrected chi connectivity index (χ1v) is 10.5. The van der Waals surface area contributed by atoms with Crippen molar-refractivity contribution in [3.05, 3.63) is 28.5 Å². The van der Waals surface area contributed by atoms with Crippen molar-refractivity contribution in [2.45, 2.75) is 18.3 Å². The number of ether oxygens (including phenoxy) is 1. The quantitative estimate of drug-likeness (QED) is 0.400. The van der Waals surface area contributed by atoms with Crippen LogP contribution in [0.2, 0.25) is 5.02 Å². The van der Waals surface area contributed by atoms with Gasteiger partial charge in [0.05, 0.1) is 30.2 Å². The van der Waals surface area contributed by atoms with Gasteiger partial charge in [-0.1, -0.05) is 11.6 Å². The zero-order valence-electron chi connectivity index (χ0n) is 14.0. The molecule has 27 heavy (non-hydrogen) atoms. The molecule has 0 saturated carbocycles. The van der Waals surface area contributed by atoms with Gasteiger partial charge in [-0.05, 0) is 18.6 Å². The predicted molar refractivity (Wildman–Crippen MR) is 92.9 cm³/mol. The number of methoxy groups -OCH3 is 1. The summed E-state index contributed by atoms with van der Waals surface area (Å²) in [6.45, 7) is -1.61. The van der Waals surface area contributed by atoms with E-state index in [1.54, 1.807) is 0 Å². The lowest BCUT2D eigenvalue weighted by atomic mass is 10.2. The molecule has 0 aliphatic rings. The topological polar surface area (TPSA) is 104 Å². The van der Waals surface area contributed by atoms with Gasteiger partial charge in [-0.15, -0.1) is 0 Å². The van der Waals surface area contributed by atoms with Crippen LogP contribution in [0.25, 0.3) is 0 Å². The molecule has 13 heteroatoms. The van der Waals surface area contributed by atoms with Crippen molar-refractivity contribution in [2.75, 3.05) is 30.4 Å². The maximum Gasteiger partial charge on any atom is 0.342 e. The summed E-state index contributed by atoms with van der Waals surface area (Å²) in [5.41, 5.74) is -3.52. The lowest BCUT2D eigenvalue weighted by Gasteiger charge is -2.28. The van der Waals surface area contributed by atoms with E-state index in [1.165, 1.54) is 0 Å². The molecule has 0 fully saturated rings. The highest BCUT2D eigenvalue weighted by Crippen LogP contribution is 2.33. The number of esters is 1. The second-order valence-corrected chi connectivity index (χ2v) is 8.67. The molecule has 0 amide bonds. The van der Waals surface area contributed by atoms with E-state index in [0.29, 0.717) is 4.31 Å². The molecular weight excluding hydrogens is 435 g/mol. The Morgan fingerprint density at radius 1 is 1.44 bits per heavy atom. The number of hydrogen-bond donors (Lipinski definition) is 0. The van der Waals surface area contributed by atoms with Crippen molar-refractivity contribution >= 4 is 44.4 Å². The maximum atomic E-state index is 14.0. The number of sulfone groups is 1. The lowest BCUT2D eigenvalue weighted by molar-refractivity contribution is 0.0595. The van der Waals surface area contributed by atoms with E-state index in [9.17, 15) is 35.1 Å². The molecule has 1 aromatic rings. The van der Waals surface area contributed by atoms with Gasteiger partial charge in [0.2, 0.25) is 5.50 Å². The average Bonchev–Trinajstić information content (AvgIpc) is 2.61. The Kier molecular flexibility index (Phi) is 8.99. The van der Waals surface area contributed by atoms with E-state index in [-0.39, 0.29) is 12.1 Å². The highest BCUT2D eigenvalue weighted by Gasteiger charge is 2.27. The van der Waals surface area contributed by atoms with Crippen molar-refractivity contribution in [2.24, 2.45) is 0 Å². The van der Waals surface area contributed by atoms with Crippen molar-refractivity contribution in [1.29, 1.82) is 0 Å². The molecule has 0 radical (unpaired) electrons. The van der Waals surface area contributed by atoms with Crippen molar-refractivity contribution < 1.29 is 39.9 Å². The highest BCUT2D eigenvalue weighted by atomic mass is 35.5. The van der Waals surface area contributed by atoms with Crippen molar-refractivity contribution in [3.63, 3.8) is 0 Å². The second kappa shape index (κ2) is 10.2. The number of alkyl halides is 2. The maximum absolute atomic E-state index is 14.0. The van der Waals surface area contributed by atoms with Gasteiger partial charge < -0.3 is 13.6 Å². The Balaban J connectivity index is 3.11. The Hall–Kier alpha value is -1.37. The van der Waals surface area contributed by atoms with Crippen LogP contribution in [0, 0.1) is 5.82 Å². The van der Waals surface area contributed by atoms with Gasteiger partial charge in [0.25, 0.3) is 0 Å². The van der Waals surface area contributed by atoms with Gasteiger partial charge in [-0.25, -0.2) is 22.0 Å². The van der Waals surface area contributed by atoms with Gasteiger partial charge in [0.15, 0.2) is 9.84 Å². The van der Waals surface area contributed by atoms with Gasteiger partial charge in [-0.2, -0.15) is 0 Å². The molecule has 0 heterocycles. The molecule has 7 nitrogen and oxygen atoms in total. The summed E-state index contributed by atoms with van der Waals surface area (Å²) in [5, 5.41) is -0.596. The van der Waals surface area contributed by atoms with Crippen LogP contribution < -0.4 is 4.31 Å². The molecular formula is C14H16ClF3NO6S2-. The third kappa shape index (κ3) is 6.06. The third-order valence-corrected chi connectivity index (χ3v) is 6.41. The Morgan fingerprint density at radius 3 is 2.59 bits per heavy atom. The molecule has 0 aliphatic carbocycles. The second-order valence-electron chi connectivity index (χ2n) is 5.17. The zero-order valence-corrected chi connectivity index (χ0v) is 16.4. The van der Waals surface area contributed by atoms with E-state index in [0.717, 1.165) is 19.2 Å². The molecule has 0 spiro atoms. The molecule has 0 bridgehead atoms. The molecule has 0 saturated heterocycles. The fourth-order valence-electron chi connectivity index (χ4n) is 2.08. The Bertz CT molecular complexity index is 808. The summed E-state index contributed by atoms with van der Waals surface area (Å²) >= 11 is 2.85. The monoisotopic (exact) mass is 450 g/mol. The van der Waals surface area contributed by atoms with Crippen LogP contribution >= 0.6 is 11.6 Å². The molecule has 1 rings (SSSR count). The van der Waals surface area contributed by atoms with E-state index < -0.39 is 74.4 Å². The molecule has 0 aromatic heterocycles. The normalized spacial score (nSPS) is 13.9. The third-order valence-electron chi connectivity index (χ3n) is 3.42. The van der Waals surface area contributed by atoms with Crippen LogP contribution in [0.5, 0.6) is 0 Å². The van der Waals surface area contributed by atoms with Gasteiger partial charge >= 0.3 is 5.97 Å².